The summed E-state index contributed by atoms with van der Waals surface area (Å²) in [5, 5.41) is 16.6. The zero-order valence-corrected chi connectivity index (χ0v) is 10.1. The van der Waals surface area contributed by atoms with E-state index in [0.29, 0.717) is 24.7 Å². The van der Waals surface area contributed by atoms with Gasteiger partial charge in [0.25, 0.3) is 0 Å². The maximum absolute atomic E-state index is 9.46. The minimum Gasteiger partial charge on any atom is -0.392 e. The van der Waals surface area contributed by atoms with Gasteiger partial charge in [0.2, 0.25) is 11.7 Å². The minimum absolute atomic E-state index is 0.0355. The Morgan fingerprint density at radius 1 is 1.33 bits per heavy atom. The fraction of sp³-hybridized carbons (Fsp3) is 0.385. The first-order chi connectivity index (χ1) is 8.72. The molecule has 1 saturated heterocycles. The quantitative estimate of drug-likeness (QED) is 0.837. The number of β-amino-alcohol motifs (C(OH)–C–C–N with tert-alkyl or cyclic N) is 1. The molecule has 1 aliphatic rings. The molecular weight excluding hydrogens is 230 g/mol. The fourth-order valence-electron chi connectivity index (χ4n) is 2.10. The average molecular weight is 245 g/mol. The molecule has 2 N–H and O–H groups in total. The molecule has 1 unspecified atom stereocenters. The van der Waals surface area contributed by atoms with Crippen molar-refractivity contribution < 1.29 is 9.63 Å². The Balaban J connectivity index is 1.83. The number of rotatable bonds is 2. The van der Waals surface area contributed by atoms with Crippen molar-refractivity contribution in [3.63, 3.8) is 0 Å². The highest BCUT2D eigenvalue weighted by Crippen LogP contribution is 2.24. The van der Waals surface area contributed by atoms with Crippen molar-refractivity contribution in [1.29, 1.82) is 0 Å². The van der Waals surface area contributed by atoms with E-state index in [4.69, 9.17) is 4.52 Å². The standard InChI is InChI=1S/C13H15N3O2/c1-8-2-4-9(5-3-8)12-15-13(18-16-12)11-6-10(17)7-14-11/h2-5,10-11,14,17H,6-7H2,1H3/t10?,11-/m0/s1. The summed E-state index contributed by atoms with van der Waals surface area (Å²) in [5.74, 6) is 1.13. The minimum atomic E-state index is -0.329. The molecule has 5 heteroatoms. The third kappa shape index (κ3) is 2.14. The molecule has 1 aliphatic heterocycles. The Labute approximate surface area is 105 Å². The van der Waals surface area contributed by atoms with Crippen molar-refractivity contribution in [2.75, 3.05) is 6.54 Å². The van der Waals surface area contributed by atoms with Crippen molar-refractivity contribution >= 4 is 0 Å². The Hall–Kier alpha value is -1.72. The number of benzene rings is 1. The summed E-state index contributed by atoms with van der Waals surface area (Å²) in [6.07, 6.45) is 0.292. The summed E-state index contributed by atoms with van der Waals surface area (Å²) >= 11 is 0. The van der Waals surface area contributed by atoms with Gasteiger partial charge in [-0.05, 0) is 13.3 Å². The van der Waals surface area contributed by atoms with E-state index in [1.807, 2.05) is 31.2 Å². The van der Waals surface area contributed by atoms with Crippen molar-refractivity contribution in [2.24, 2.45) is 0 Å². The van der Waals surface area contributed by atoms with Crippen LogP contribution in [0.4, 0.5) is 0 Å². The molecule has 18 heavy (non-hydrogen) atoms. The van der Waals surface area contributed by atoms with Crippen molar-refractivity contribution in [3.8, 4) is 11.4 Å². The Kier molecular flexibility index (Phi) is 2.85. The molecular formula is C13H15N3O2. The molecule has 0 radical (unpaired) electrons. The van der Waals surface area contributed by atoms with Gasteiger partial charge in [0.15, 0.2) is 0 Å². The molecule has 3 rings (SSSR count). The lowest BCUT2D eigenvalue weighted by Gasteiger charge is -2.01. The van der Waals surface area contributed by atoms with Crippen molar-refractivity contribution in [3.05, 3.63) is 35.7 Å². The second-order valence-electron chi connectivity index (χ2n) is 4.67. The second kappa shape index (κ2) is 4.51. The van der Waals surface area contributed by atoms with Gasteiger partial charge in [0.1, 0.15) is 0 Å². The van der Waals surface area contributed by atoms with Crippen LogP contribution in [0.2, 0.25) is 0 Å². The number of nitrogens with zero attached hydrogens (tertiary/aromatic N) is 2. The Bertz CT molecular complexity index is 535. The van der Waals surface area contributed by atoms with E-state index in [1.165, 1.54) is 5.56 Å². The van der Waals surface area contributed by atoms with Crippen LogP contribution in [0.15, 0.2) is 28.8 Å². The summed E-state index contributed by atoms with van der Waals surface area (Å²) in [7, 11) is 0. The van der Waals surface area contributed by atoms with Crippen LogP contribution in [0, 0.1) is 6.92 Å². The zero-order chi connectivity index (χ0) is 12.5. The van der Waals surface area contributed by atoms with E-state index in [2.05, 4.69) is 15.5 Å². The summed E-state index contributed by atoms with van der Waals surface area (Å²) in [6, 6.07) is 7.94. The van der Waals surface area contributed by atoms with Crippen LogP contribution in [-0.2, 0) is 0 Å². The number of hydrogen-bond acceptors (Lipinski definition) is 5. The van der Waals surface area contributed by atoms with E-state index in [-0.39, 0.29) is 12.1 Å². The van der Waals surface area contributed by atoms with Gasteiger partial charge in [0.05, 0.1) is 12.1 Å². The van der Waals surface area contributed by atoms with Crippen LogP contribution in [-0.4, -0.2) is 27.9 Å². The monoisotopic (exact) mass is 245 g/mol. The van der Waals surface area contributed by atoms with E-state index in [0.717, 1.165) is 5.56 Å². The SMILES string of the molecule is Cc1ccc(-c2noc([C@@H]3CC(O)CN3)n2)cc1. The number of hydrogen-bond donors (Lipinski definition) is 2. The van der Waals surface area contributed by atoms with E-state index in [1.54, 1.807) is 0 Å². The molecule has 2 aromatic rings. The van der Waals surface area contributed by atoms with Crippen LogP contribution in [0.5, 0.6) is 0 Å². The summed E-state index contributed by atoms with van der Waals surface area (Å²) in [4.78, 5) is 4.38. The first kappa shape index (κ1) is 11.4. The predicted molar refractivity (Wildman–Crippen MR) is 65.8 cm³/mol. The lowest BCUT2D eigenvalue weighted by atomic mass is 10.1. The number of aliphatic hydroxyl groups is 1. The zero-order valence-electron chi connectivity index (χ0n) is 10.1. The number of aryl methyl sites for hydroxylation is 1. The van der Waals surface area contributed by atoms with Crippen molar-refractivity contribution in [2.45, 2.75) is 25.5 Å². The third-order valence-corrected chi connectivity index (χ3v) is 3.16. The fourth-order valence-corrected chi connectivity index (χ4v) is 2.10. The first-order valence-electron chi connectivity index (χ1n) is 6.04. The molecule has 2 heterocycles. The molecule has 0 saturated carbocycles. The maximum Gasteiger partial charge on any atom is 0.244 e. The van der Waals surface area contributed by atoms with Gasteiger partial charge in [-0.3, -0.25) is 0 Å². The molecule has 2 atom stereocenters. The molecule has 1 aromatic heterocycles. The Morgan fingerprint density at radius 2 is 2.11 bits per heavy atom. The summed E-state index contributed by atoms with van der Waals surface area (Å²) in [6.45, 7) is 2.61. The summed E-state index contributed by atoms with van der Waals surface area (Å²) < 4.78 is 5.25. The summed E-state index contributed by atoms with van der Waals surface area (Å²) in [5.41, 5.74) is 2.14. The number of aromatic nitrogens is 2. The predicted octanol–water partition coefficient (Wildman–Crippen LogP) is 1.44. The smallest absolute Gasteiger partial charge is 0.244 e. The highest BCUT2D eigenvalue weighted by molar-refractivity contribution is 5.54. The third-order valence-electron chi connectivity index (χ3n) is 3.16. The molecule has 1 fully saturated rings. The van der Waals surface area contributed by atoms with Crippen LogP contribution in [0.25, 0.3) is 11.4 Å². The lowest BCUT2D eigenvalue weighted by Crippen LogP contribution is -2.15. The maximum atomic E-state index is 9.46. The van der Waals surface area contributed by atoms with Gasteiger partial charge >= 0.3 is 0 Å². The van der Waals surface area contributed by atoms with Gasteiger partial charge in [-0.25, -0.2) is 0 Å². The van der Waals surface area contributed by atoms with Crippen LogP contribution in [0.3, 0.4) is 0 Å². The second-order valence-corrected chi connectivity index (χ2v) is 4.67. The van der Waals surface area contributed by atoms with Crippen molar-refractivity contribution in [1.82, 2.24) is 15.5 Å². The highest BCUT2D eigenvalue weighted by Gasteiger charge is 2.28. The van der Waals surface area contributed by atoms with Crippen LogP contribution < -0.4 is 5.32 Å². The molecule has 0 aliphatic carbocycles. The molecule has 0 spiro atoms. The van der Waals surface area contributed by atoms with Gasteiger partial charge in [-0.1, -0.05) is 35.0 Å². The number of aliphatic hydroxyl groups excluding tert-OH is 1. The van der Waals surface area contributed by atoms with Crippen LogP contribution >= 0.6 is 0 Å². The first-order valence-corrected chi connectivity index (χ1v) is 6.04. The van der Waals surface area contributed by atoms with Crippen LogP contribution in [0.1, 0.15) is 23.9 Å². The van der Waals surface area contributed by atoms with Gasteiger partial charge in [-0.2, -0.15) is 4.98 Å². The van der Waals surface area contributed by atoms with E-state index >= 15 is 0 Å². The van der Waals surface area contributed by atoms with E-state index < -0.39 is 0 Å². The molecule has 0 bridgehead atoms. The van der Waals surface area contributed by atoms with Gasteiger partial charge < -0.3 is 14.9 Å². The molecule has 5 nitrogen and oxygen atoms in total. The van der Waals surface area contributed by atoms with Gasteiger partial charge in [0, 0.05) is 12.1 Å². The normalized spacial score (nSPS) is 23.4. The lowest BCUT2D eigenvalue weighted by molar-refractivity contribution is 0.191. The highest BCUT2D eigenvalue weighted by atomic mass is 16.5. The Morgan fingerprint density at radius 3 is 2.78 bits per heavy atom. The van der Waals surface area contributed by atoms with Gasteiger partial charge in [-0.15, -0.1) is 0 Å². The molecule has 0 amide bonds. The van der Waals surface area contributed by atoms with E-state index in [9.17, 15) is 5.11 Å². The molecule has 1 aromatic carbocycles. The topological polar surface area (TPSA) is 71.2 Å². The molecule has 94 valence electrons. The largest absolute Gasteiger partial charge is 0.392 e. The average Bonchev–Trinajstić information content (AvgIpc) is 2.98. The number of nitrogens with one attached hydrogen (secondary N) is 1.